The van der Waals surface area contributed by atoms with Crippen LogP contribution in [0.25, 0.3) is 6.08 Å². The third-order valence-electron chi connectivity index (χ3n) is 2.70. The molecule has 0 saturated carbocycles. The Labute approximate surface area is 122 Å². The number of carbonyl (C=O) groups is 1. The average molecular weight is 308 g/mol. The highest BCUT2D eigenvalue weighted by Crippen LogP contribution is 2.35. The minimum absolute atomic E-state index is 0.0165. The lowest BCUT2D eigenvalue weighted by Gasteiger charge is -1.96. The molecule has 5 nitrogen and oxygen atoms in total. The van der Waals surface area contributed by atoms with Crippen molar-refractivity contribution in [3.8, 4) is 5.75 Å². The Balaban J connectivity index is 1.94. The van der Waals surface area contributed by atoms with E-state index in [1.807, 2.05) is 0 Å². The molecule has 1 aromatic carbocycles. The number of hydrogen-bond acceptors (Lipinski definition) is 5. The maximum Gasteiger partial charge on any atom is 0.324 e. The Morgan fingerprint density at radius 3 is 2.80 bits per heavy atom. The van der Waals surface area contributed by atoms with Gasteiger partial charge in [-0.2, -0.15) is 0 Å². The number of carbonyl (C=O) groups excluding carboxylic acids is 1. The van der Waals surface area contributed by atoms with Gasteiger partial charge in [-0.1, -0.05) is 22.9 Å². The van der Waals surface area contributed by atoms with Gasteiger partial charge in [-0.3, -0.25) is 14.9 Å². The predicted octanol–water partition coefficient (Wildman–Crippen LogP) is 3.93. The Hall–Kier alpha value is -2.18. The van der Waals surface area contributed by atoms with Crippen LogP contribution in [-0.2, 0) is 0 Å². The van der Waals surface area contributed by atoms with E-state index in [-0.39, 0.29) is 16.5 Å². The first-order valence-corrected chi connectivity index (χ1v) is 6.72. The summed E-state index contributed by atoms with van der Waals surface area (Å²) in [6, 6.07) is 7.75. The number of nitrogens with zero attached hydrogens (tertiary/aromatic N) is 1. The molecule has 7 heteroatoms. The summed E-state index contributed by atoms with van der Waals surface area (Å²) >= 11 is 6.81. The van der Waals surface area contributed by atoms with Crippen molar-refractivity contribution >= 4 is 39.8 Å². The topological polar surface area (TPSA) is 69.4 Å². The molecule has 1 aliphatic heterocycles. The molecule has 0 saturated heterocycles. The number of thiophene rings is 1. The zero-order chi connectivity index (χ0) is 14.3. The summed E-state index contributed by atoms with van der Waals surface area (Å²) in [5.74, 6) is 0.300. The van der Waals surface area contributed by atoms with Gasteiger partial charge >= 0.3 is 5.00 Å². The van der Waals surface area contributed by atoms with Crippen molar-refractivity contribution in [3.05, 3.63) is 61.7 Å². The molecule has 20 heavy (non-hydrogen) atoms. The van der Waals surface area contributed by atoms with E-state index in [0.717, 1.165) is 11.3 Å². The van der Waals surface area contributed by atoms with Gasteiger partial charge in [0.05, 0.1) is 10.5 Å². The number of benzene rings is 1. The molecular formula is C13H6ClNO4S. The van der Waals surface area contributed by atoms with Crippen LogP contribution >= 0.6 is 22.9 Å². The van der Waals surface area contributed by atoms with Gasteiger partial charge in [-0.25, -0.2) is 0 Å². The molecule has 2 aromatic rings. The number of ketones is 1. The summed E-state index contributed by atoms with van der Waals surface area (Å²) in [7, 11) is 0. The first kappa shape index (κ1) is 12.8. The van der Waals surface area contributed by atoms with Gasteiger partial charge in [0.2, 0.25) is 5.78 Å². The van der Waals surface area contributed by atoms with E-state index in [1.54, 1.807) is 18.2 Å². The predicted molar refractivity (Wildman–Crippen MR) is 75.4 cm³/mol. The molecule has 2 heterocycles. The second-order valence-corrected chi connectivity index (χ2v) is 5.54. The minimum atomic E-state index is -0.474. The highest BCUT2D eigenvalue weighted by molar-refractivity contribution is 7.16. The highest BCUT2D eigenvalue weighted by atomic mass is 35.5. The maximum absolute atomic E-state index is 12.1. The van der Waals surface area contributed by atoms with Gasteiger partial charge in [0.25, 0.3) is 0 Å². The second kappa shape index (κ2) is 4.73. The van der Waals surface area contributed by atoms with Crippen LogP contribution in [0.2, 0.25) is 5.02 Å². The fourth-order valence-corrected chi connectivity index (χ4v) is 2.73. The van der Waals surface area contributed by atoms with Crippen molar-refractivity contribution in [2.45, 2.75) is 0 Å². The van der Waals surface area contributed by atoms with Crippen molar-refractivity contribution in [1.29, 1.82) is 0 Å². The summed E-state index contributed by atoms with van der Waals surface area (Å²) in [4.78, 5) is 22.8. The molecule has 0 amide bonds. The Bertz CT molecular complexity index is 765. The molecule has 0 spiro atoms. The van der Waals surface area contributed by atoms with Crippen LogP contribution in [0.3, 0.4) is 0 Å². The van der Waals surface area contributed by atoms with E-state index in [9.17, 15) is 14.9 Å². The van der Waals surface area contributed by atoms with Gasteiger partial charge in [-0.15, -0.1) is 0 Å². The van der Waals surface area contributed by atoms with Crippen LogP contribution in [0.15, 0.2) is 36.1 Å². The van der Waals surface area contributed by atoms with Crippen LogP contribution in [0, 0.1) is 10.1 Å². The number of halogens is 1. The van der Waals surface area contributed by atoms with Crippen molar-refractivity contribution in [3.63, 3.8) is 0 Å². The molecule has 100 valence electrons. The normalized spacial score (nSPS) is 15.2. The number of hydrogen-bond donors (Lipinski definition) is 0. The summed E-state index contributed by atoms with van der Waals surface area (Å²) < 4.78 is 5.44. The molecule has 1 aromatic heterocycles. The van der Waals surface area contributed by atoms with Crippen molar-refractivity contribution in [2.75, 3.05) is 0 Å². The Morgan fingerprint density at radius 1 is 1.30 bits per heavy atom. The van der Waals surface area contributed by atoms with Crippen LogP contribution < -0.4 is 4.74 Å². The number of ether oxygens (including phenoxy) is 1. The van der Waals surface area contributed by atoms with Crippen molar-refractivity contribution in [2.24, 2.45) is 0 Å². The zero-order valence-electron chi connectivity index (χ0n) is 9.83. The molecule has 0 atom stereocenters. The molecule has 0 aliphatic carbocycles. The monoisotopic (exact) mass is 307 g/mol. The van der Waals surface area contributed by atoms with Gasteiger partial charge < -0.3 is 4.74 Å². The SMILES string of the molecule is O=C1/C(=C/c2ccc([N+](=O)[O-])s2)Oc2ccc(Cl)cc21. The second-order valence-electron chi connectivity index (χ2n) is 4.01. The van der Waals surface area contributed by atoms with E-state index >= 15 is 0 Å². The van der Waals surface area contributed by atoms with Gasteiger partial charge in [-0.05, 0) is 24.3 Å². The third-order valence-corrected chi connectivity index (χ3v) is 3.91. The van der Waals surface area contributed by atoms with Gasteiger partial charge in [0.1, 0.15) is 5.75 Å². The summed E-state index contributed by atoms with van der Waals surface area (Å²) in [5.41, 5.74) is 0.398. The van der Waals surface area contributed by atoms with Crippen LogP contribution in [0.5, 0.6) is 5.75 Å². The van der Waals surface area contributed by atoms with E-state index < -0.39 is 4.92 Å². The van der Waals surface area contributed by atoms with E-state index in [0.29, 0.717) is 21.2 Å². The molecule has 0 fully saturated rings. The lowest BCUT2D eigenvalue weighted by Crippen LogP contribution is -1.97. The average Bonchev–Trinajstić information content (AvgIpc) is 2.98. The van der Waals surface area contributed by atoms with Gasteiger partial charge in [0, 0.05) is 22.0 Å². The number of nitro groups is 1. The fraction of sp³-hybridized carbons (Fsp3) is 0. The third kappa shape index (κ3) is 2.19. The summed E-state index contributed by atoms with van der Waals surface area (Å²) in [6.45, 7) is 0. The molecular weight excluding hydrogens is 302 g/mol. The number of allylic oxidation sites excluding steroid dienone is 1. The fourth-order valence-electron chi connectivity index (χ4n) is 1.81. The van der Waals surface area contributed by atoms with Crippen molar-refractivity contribution < 1.29 is 14.5 Å². The number of fused-ring (bicyclic) bond motifs is 1. The molecule has 1 aliphatic rings. The molecule has 0 N–H and O–H groups in total. The largest absolute Gasteiger partial charge is 0.452 e. The van der Waals surface area contributed by atoms with E-state index in [4.69, 9.17) is 16.3 Å². The zero-order valence-corrected chi connectivity index (χ0v) is 11.4. The first-order chi connectivity index (χ1) is 9.54. The quantitative estimate of drug-likeness (QED) is 0.479. The van der Waals surface area contributed by atoms with Gasteiger partial charge in [0.15, 0.2) is 5.76 Å². The van der Waals surface area contributed by atoms with Crippen LogP contribution in [-0.4, -0.2) is 10.7 Å². The lowest BCUT2D eigenvalue weighted by atomic mass is 10.1. The first-order valence-electron chi connectivity index (χ1n) is 5.52. The minimum Gasteiger partial charge on any atom is -0.452 e. The van der Waals surface area contributed by atoms with Crippen molar-refractivity contribution in [1.82, 2.24) is 0 Å². The molecule has 0 unspecified atom stereocenters. The molecule has 0 radical (unpaired) electrons. The lowest BCUT2D eigenvalue weighted by molar-refractivity contribution is -0.380. The summed E-state index contributed by atoms with van der Waals surface area (Å²) in [5, 5.41) is 11.1. The maximum atomic E-state index is 12.1. The van der Waals surface area contributed by atoms with Crippen LogP contribution in [0.1, 0.15) is 15.2 Å². The summed E-state index contributed by atoms with van der Waals surface area (Å²) in [6.07, 6.45) is 1.49. The Kier molecular flexibility index (Phi) is 3.04. The standard InChI is InChI=1S/C13H6ClNO4S/c14-7-1-3-10-9(5-7)13(16)11(19-10)6-8-2-4-12(20-8)15(17)18/h1-6H/b11-6-. The number of rotatable bonds is 2. The Morgan fingerprint density at radius 2 is 2.10 bits per heavy atom. The number of Topliss-reactive ketones (excluding diaryl/α,β-unsaturated/α-hetero) is 1. The smallest absolute Gasteiger partial charge is 0.324 e. The molecule has 3 rings (SSSR count). The molecule has 0 bridgehead atoms. The highest BCUT2D eigenvalue weighted by Gasteiger charge is 2.27. The van der Waals surface area contributed by atoms with E-state index in [1.165, 1.54) is 18.2 Å². The van der Waals surface area contributed by atoms with E-state index in [2.05, 4.69) is 0 Å². The van der Waals surface area contributed by atoms with Crippen LogP contribution in [0.4, 0.5) is 5.00 Å².